The molecule has 3 heterocycles. The van der Waals surface area contributed by atoms with E-state index >= 15 is 0 Å². The first-order valence-corrected chi connectivity index (χ1v) is 12.7. The van der Waals surface area contributed by atoms with E-state index in [1.54, 1.807) is 12.1 Å². The van der Waals surface area contributed by atoms with Crippen molar-refractivity contribution in [2.45, 2.75) is 45.6 Å². The van der Waals surface area contributed by atoms with E-state index in [1.807, 2.05) is 29.6 Å². The Labute approximate surface area is 211 Å². The highest BCUT2D eigenvalue weighted by Crippen LogP contribution is 2.27. The Morgan fingerprint density at radius 2 is 1.81 bits per heavy atom. The molecule has 0 saturated carbocycles. The van der Waals surface area contributed by atoms with Crippen molar-refractivity contribution in [3.05, 3.63) is 83.8 Å². The Morgan fingerprint density at radius 3 is 2.53 bits per heavy atom. The fourth-order valence-corrected chi connectivity index (χ4v) is 4.90. The molecule has 1 amide bonds. The quantitative estimate of drug-likeness (QED) is 0.391. The van der Waals surface area contributed by atoms with Crippen molar-refractivity contribution in [2.75, 3.05) is 18.0 Å². The third kappa shape index (κ3) is 5.40. The SMILES string of the molecule is Cc1cc(N2CCC(C(=O)NC(C)CCc3ccccc3)CC2)n2nc(-c3ccc(F)cc3)cc2n1. The Morgan fingerprint density at radius 1 is 1.08 bits per heavy atom. The summed E-state index contributed by atoms with van der Waals surface area (Å²) >= 11 is 0. The Bertz CT molecular complexity index is 1330. The summed E-state index contributed by atoms with van der Waals surface area (Å²) in [5.74, 6) is 0.880. The summed E-state index contributed by atoms with van der Waals surface area (Å²) < 4.78 is 15.2. The maximum Gasteiger partial charge on any atom is 0.223 e. The van der Waals surface area contributed by atoms with Crippen LogP contribution in [0.3, 0.4) is 0 Å². The largest absolute Gasteiger partial charge is 0.356 e. The molecule has 1 unspecified atom stereocenters. The summed E-state index contributed by atoms with van der Waals surface area (Å²) in [5.41, 5.74) is 4.58. The first-order valence-electron chi connectivity index (χ1n) is 12.7. The molecule has 1 atom stereocenters. The van der Waals surface area contributed by atoms with Crippen molar-refractivity contribution in [3.63, 3.8) is 0 Å². The van der Waals surface area contributed by atoms with E-state index in [1.165, 1.54) is 17.7 Å². The second-order valence-electron chi connectivity index (χ2n) is 9.76. The molecule has 1 aliphatic heterocycles. The molecule has 0 bridgehead atoms. The molecule has 6 nitrogen and oxygen atoms in total. The number of carbonyl (C=O) groups excluding carboxylic acids is 1. The summed E-state index contributed by atoms with van der Waals surface area (Å²) in [4.78, 5) is 19.9. The van der Waals surface area contributed by atoms with Gasteiger partial charge in [-0.3, -0.25) is 4.79 Å². The number of piperidine rings is 1. The number of aromatic nitrogens is 3. The van der Waals surface area contributed by atoms with Gasteiger partial charge in [0.05, 0.1) is 5.69 Å². The third-order valence-electron chi connectivity index (χ3n) is 6.96. The highest BCUT2D eigenvalue weighted by Gasteiger charge is 2.27. The van der Waals surface area contributed by atoms with Gasteiger partial charge in [-0.2, -0.15) is 9.61 Å². The second-order valence-corrected chi connectivity index (χ2v) is 9.76. The molecule has 1 N–H and O–H groups in total. The number of anilines is 1. The van der Waals surface area contributed by atoms with Gasteiger partial charge in [0.1, 0.15) is 11.6 Å². The van der Waals surface area contributed by atoms with Crippen LogP contribution >= 0.6 is 0 Å². The van der Waals surface area contributed by atoms with E-state index in [0.29, 0.717) is 0 Å². The zero-order valence-electron chi connectivity index (χ0n) is 20.8. The van der Waals surface area contributed by atoms with Gasteiger partial charge in [0.2, 0.25) is 5.91 Å². The van der Waals surface area contributed by atoms with Gasteiger partial charge in [0, 0.05) is 48.4 Å². The van der Waals surface area contributed by atoms with Crippen molar-refractivity contribution >= 4 is 17.4 Å². The standard InChI is InChI=1S/C29H32FN5O/c1-20(8-9-22-6-4-3-5-7-22)32-29(36)24-14-16-34(17-15-24)28-18-21(2)31-27-19-26(33-35(27)28)23-10-12-25(30)13-11-23/h3-7,10-13,18-20,24H,8-9,14-17H2,1-2H3,(H,32,36). The first-order chi connectivity index (χ1) is 17.5. The number of rotatable bonds is 7. The molecule has 2 aromatic carbocycles. The van der Waals surface area contributed by atoms with E-state index in [4.69, 9.17) is 5.10 Å². The van der Waals surface area contributed by atoms with E-state index < -0.39 is 0 Å². The smallest absolute Gasteiger partial charge is 0.223 e. The van der Waals surface area contributed by atoms with Crippen molar-refractivity contribution in [2.24, 2.45) is 5.92 Å². The third-order valence-corrected chi connectivity index (χ3v) is 6.96. The van der Waals surface area contributed by atoms with E-state index in [-0.39, 0.29) is 23.7 Å². The average molecular weight is 486 g/mol. The van der Waals surface area contributed by atoms with E-state index in [2.05, 4.69) is 46.4 Å². The van der Waals surface area contributed by atoms with Gasteiger partial charge in [0.15, 0.2) is 5.65 Å². The Kier molecular flexibility index (Phi) is 6.98. The number of fused-ring (bicyclic) bond motifs is 1. The summed E-state index contributed by atoms with van der Waals surface area (Å²) in [6.45, 7) is 5.62. The monoisotopic (exact) mass is 485 g/mol. The number of nitrogens with one attached hydrogen (secondary N) is 1. The minimum absolute atomic E-state index is 0.0197. The predicted molar refractivity (Wildman–Crippen MR) is 140 cm³/mol. The molecule has 2 aromatic heterocycles. The lowest BCUT2D eigenvalue weighted by Crippen LogP contribution is -2.43. The topological polar surface area (TPSA) is 62.5 Å². The Hall–Kier alpha value is -3.74. The van der Waals surface area contributed by atoms with Crippen LogP contribution in [0.2, 0.25) is 0 Å². The van der Waals surface area contributed by atoms with Crippen LogP contribution in [0.4, 0.5) is 10.2 Å². The van der Waals surface area contributed by atoms with Crippen LogP contribution in [0, 0.1) is 18.7 Å². The number of nitrogens with zero attached hydrogens (tertiary/aromatic N) is 4. The van der Waals surface area contributed by atoms with Crippen LogP contribution in [0.1, 0.15) is 37.4 Å². The molecule has 4 aromatic rings. The number of amides is 1. The molecule has 0 spiro atoms. The predicted octanol–water partition coefficient (Wildman–Crippen LogP) is 5.20. The first kappa shape index (κ1) is 24.0. The van der Waals surface area contributed by atoms with Crippen molar-refractivity contribution in [3.8, 4) is 11.3 Å². The zero-order valence-corrected chi connectivity index (χ0v) is 20.8. The van der Waals surface area contributed by atoms with Gasteiger partial charge < -0.3 is 10.2 Å². The molecule has 186 valence electrons. The molecule has 0 radical (unpaired) electrons. The van der Waals surface area contributed by atoms with Crippen LogP contribution < -0.4 is 10.2 Å². The van der Waals surface area contributed by atoms with Crippen molar-refractivity contribution < 1.29 is 9.18 Å². The van der Waals surface area contributed by atoms with E-state index in [0.717, 1.165) is 67.2 Å². The molecule has 1 aliphatic rings. The molecule has 7 heteroatoms. The van der Waals surface area contributed by atoms with Crippen molar-refractivity contribution in [1.82, 2.24) is 19.9 Å². The molecule has 1 saturated heterocycles. The highest BCUT2D eigenvalue weighted by molar-refractivity contribution is 5.79. The number of hydrogen-bond acceptors (Lipinski definition) is 4. The lowest BCUT2D eigenvalue weighted by Gasteiger charge is -2.33. The maximum absolute atomic E-state index is 13.4. The van der Waals surface area contributed by atoms with E-state index in [9.17, 15) is 9.18 Å². The number of carbonyl (C=O) groups is 1. The van der Waals surface area contributed by atoms with Gasteiger partial charge >= 0.3 is 0 Å². The second kappa shape index (κ2) is 10.5. The summed E-state index contributed by atoms with van der Waals surface area (Å²) in [6.07, 6.45) is 3.48. The molecule has 5 rings (SSSR count). The lowest BCUT2D eigenvalue weighted by atomic mass is 9.95. The molecule has 0 aliphatic carbocycles. The number of halogens is 1. The van der Waals surface area contributed by atoms with Crippen LogP contribution in [0.5, 0.6) is 0 Å². The summed E-state index contributed by atoms with van der Waals surface area (Å²) in [5, 5.41) is 8.01. The van der Waals surface area contributed by atoms with Crippen molar-refractivity contribution in [1.29, 1.82) is 0 Å². The average Bonchev–Trinajstić information content (AvgIpc) is 3.32. The Balaban J connectivity index is 1.22. The highest BCUT2D eigenvalue weighted by atomic mass is 19.1. The minimum Gasteiger partial charge on any atom is -0.356 e. The number of benzene rings is 2. The summed E-state index contributed by atoms with van der Waals surface area (Å²) in [6, 6.07) is 20.9. The molecular formula is C29H32FN5O. The van der Waals surface area contributed by atoms with Gasteiger partial charge in [-0.25, -0.2) is 9.37 Å². The summed E-state index contributed by atoms with van der Waals surface area (Å²) in [7, 11) is 0. The molecule has 1 fully saturated rings. The lowest BCUT2D eigenvalue weighted by molar-refractivity contribution is -0.126. The maximum atomic E-state index is 13.4. The van der Waals surface area contributed by atoms with Gasteiger partial charge in [0.25, 0.3) is 0 Å². The van der Waals surface area contributed by atoms with Crippen LogP contribution in [0.15, 0.2) is 66.7 Å². The number of hydrogen-bond donors (Lipinski definition) is 1. The van der Waals surface area contributed by atoms with Gasteiger partial charge in [-0.1, -0.05) is 30.3 Å². The zero-order chi connectivity index (χ0) is 25.1. The van der Waals surface area contributed by atoms with Gasteiger partial charge in [-0.15, -0.1) is 0 Å². The molecule has 36 heavy (non-hydrogen) atoms. The normalized spacial score (nSPS) is 15.2. The minimum atomic E-state index is -0.269. The van der Waals surface area contributed by atoms with Gasteiger partial charge in [-0.05, 0) is 69.4 Å². The fraction of sp³-hybridized carbons (Fsp3) is 0.345. The van der Waals surface area contributed by atoms with Crippen LogP contribution in [-0.4, -0.2) is 39.6 Å². The molecular weight excluding hydrogens is 453 g/mol. The number of aryl methyl sites for hydroxylation is 2. The van der Waals surface area contributed by atoms with Crippen LogP contribution in [0.25, 0.3) is 16.9 Å². The fourth-order valence-electron chi connectivity index (χ4n) is 4.90. The van der Waals surface area contributed by atoms with Crippen LogP contribution in [-0.2, 0) is 11.2 Å².